The first-order valence-corrected chi connectivity index (χ1v) is 10.8. The molecule has 2 aliphatic rings. The third kappa shape index (κ3) is 3.71. The molecule has 0 N–H and O–H groups in total. The van der Waals surface area contributed by atoms with Crippen LogP contribution in [0.3, 0.4) is 0 Å². The molecule has 1 spiro atoms. The highest BCUT2D eigenvalue weighted by Crippen LogP contribution is 2.42. The highest BCUT2D eigenvalue weighted by Gasteiger charge is 2.41. The van der Waals surface area contributed by atoms with Crippen molar-refractivity contribution >= 4 is 23.0 Å². The summed E-state index contributed by atoms with van der Waals surface area (Å²) in [5.41, 5.74) is 2.68. The Balaban J connectivity index is 1.26. The van der Waals surface area contributed by atoms with Gasteiger partial charge in [0.1, 0.15) is 22.8 Å². The van der Waals surface area contributed by atoms with E-state index in [1.54, 1.807) is 17.9 Å². The first-order chi connectivity index (χ1) is 14.6. The molecular weight excluding hydrogens is 408 g/mol. The second-order valence-corrected chi connectivity index (χ2v) is 8.75. The van der Waals surface area contributed by atoms with Gasteiger partial charge < -0.3 is 9.80 Å². The van der Waals surface area contributed by atoms with Gasteiger partial charge in [0.05, 0.1) is 12.4 Å². The molecule has 0 saturated carbocycles. The van der Waals surface area contributed by atoms with E-state index in [2.05, 4.69) is 30.0 Å². The van der Waals surface area contributed by atoms with Crippen molar-refractivity contribution in [3.8, 4) is 10.7 Å². The fourth-order valence-electron chi connectivity index (χ4n) is 4.39. The van der Waals surface area contributed by atoms with E-state index < -0.39 is 6.43 Å². The van der Waals surface area contributed by atoms with Gasteiger partial charge in [-0.3, -0.25) is 4.98 Å². The fraction of sp³-hybridized carbons (Fsp3) is 0.450. The Morgan fingerprint density at radius 1 is 1.03 bits per heavy atom. The fourth-order valence-corrected chi connectivity index (χ4v) is 4.90. The van der Waals surface area contributed by atoms with E-state index in [1.807, 2.05) is 0 Å². The minimum atomic E-state index is -2.47. The molecule has 0 bridgehead atoms. The summed E-state index contributed by atoms with van der Waals surface area (Å²) in [7, 11) is 0. The van der Waals surface area contributed by atoms with Crippen LogP contribution >= 0.6 is 11.3 Å². The maximum absolute atomic E-state index is 13.0. The first-order valence-electron chi connectivity index (χ1n) is 9.95. The maximum Gasteiger partial charge on any atom is 0.264 e. The standard InChI is InChI=1S/C20H21F2N7S/c21-18(22)14-1-5-24-16(9-14)28-6-2-20(3-7-28)4-8-29(12-20)17-11-23-10-15(26-17)19-27-25-13-30-19/h1,5,9-11,13,18H,2-4,6-8,12H2. The van der Waals surface area contributed by atoms with Crippen LogP contribution in [-0.4, -0.2) is 51.3 Å². The third-order valence-electron chi connectivity index (χ3n) is 6.13. The van der Waals surface area contributed by atoms with Crippen LogP contribution in [0.5, 0.6) is 0 Å². The number of aromatic nitrogens is 5. The molecule has 0 aliphatic carbocycles. The van der Waals surface area contributed by atoms with E-state index in [0.29, 0.717) is 5.82 Å². The number of hydrogen-bond acceptors (Lipinski definition) is 8. The van der Waals surface area contributed by atoms with Gasteiger partial charge in [-0.2, -0.15) is 0 Å². The number of nitrogens with zero attached hydrogens (tertiary/aromatic N) is 7. The van der Waals surface area contributed by atoms with Gasteiger partial charge >= 0.3 is 0 Å². The van der Waals surface area contributed by atoms with Gasteiger partial charge in [-0.1, -0.05) is 11.3 Å². The molecule has 3 aromatic heterocycles. The van der Waals surface area contributed by atoms with Gasteiger partial charge in [-0.25, -0.2) is 18.7 Å². The molecular formula is C20H21F2N7S. The zero-order valence-electron chi connectivity index (χ0n) is 16.3. The van der Waals surface area contributed by atoms with Gasteiger partial charge in [0, 0.05) is 37.9 Å². The molecule has 0 radical (unpaired) electrons. The largest absolute Gasteiger partial charge is 0.357 e. The van der Waals surface area contributed by atoms with E-state index in [4.69, 9.17) is 4.98 Å². The summed E-state index contributed by atoms with van der Waals surface area (Å²) in [6.45, 7) is 3.51. The Bertz CT molecular complexity index is 1010. The predicted molar refractivity (Wildman–Crippen MR) is 111 cm³/mol. The molecule has 7 nitrogen and oxygen atoms in total. The van der Waals surface area contributed by atoms with Gasteiger partial charge in [-0.15, -0.1) is 10.2 Å². The number of hydrogen-bond donors (Lipinski definition) is 0. The molecule has 0 amide bonds. The van der Waals surface area contributed by atoms with Crippen molar-refractivity contribution in [3.63, 3.8) is 0 Å². The lowest BCUT2D eigenvalue weighted by molar-refractivity contribution is 0.151. The van der Waals surface area contributed by atoms with Crippen molar-refractivity contribution in [2.24, 2.45) is 5.41 Å². The number of alkyl halides is 2. The first kappa shape index (κ1) is 19.2. The highest BCUT2D eigenvalue weighted by atomic mass is 32.1. The highest BCUT2D eigenvalue weighted by molar-refractivity contribution is 7.12. The Morgan fingerprint density at radius 2 is 1.83 bits per heavy atom. The minimum Gasteiger partial charge on any atom is -0.357 e. The van der Waals surface area contributed by atoms with E-state index in [-0.39, 0.29) is 11.0 Å². The van der Waals surface area contributed by atoms with Crippen molar-refractivity contribution < 1.29 is 8.78 Å². The SMILES string of the molecule is FC(F)c1ccnc(N2CCC3(CC2)CCN(c2cncc(-c4nncs4)n2)C3)c1. The number of halogens is 2. The monoisotopic (exact) mass is 429 g/mol. The number of rotatable bonds is 4. The molecule has 2 fully saturated rings. The van der Waals surface area contributed by atoms with Crippen molar-refractivity contribution in [2.45, 2.75) is 25.7 Å². The smallest absolute Gasteiger partial charge is 0.264 e. The van der Waals surface area contributed by atoms with Crippen LogP contribution in [0.25, 0.3) is 10.7 Å². The molecule has 0 atom stereocenters. The average Bonchev–Trinajstić information content (AvgIpc) is 3.46. The number of pyridine rings is 1. The Kier molecular flexibility index (Phi) is 5.01. The number of anilines is 2. The Hall–Kier alpha value is -2.75. The van der Waals surface area contributed by atoms with Crippen LogP contribution in [0.2, 0.25) is 0 Å². The van der Waals surface area contributed by atoms with E-state index in [1.165, 1.54) is 29.7 Å². The lowest BCUT2D eigenvalue weighted by atomic mass is 9.78. The zero-order valence-corrected chi connectivity index (χ0v) is 17.1. The summed E-state index contributed by atoms with van der Waals surface area (Å²) in [6.07, 6.45) is 5.63. The van der Waals surface area contributed by atoms with Gasteiger partial charge in [0.15, 0.2) is 5.01 Å². The molecule has 5 rings (SSSR count). The summed E-state index contributed by atoms with van der Waals surface area (Å²) in [5, 5.41) is 8.73. The second kappa shape index (κ2) is 7.82. The van der Waals surface area contributed by atoms with Crippen LogP contribution in [0, 0.1) is 5.41 Å². The summed E-state index contributed by atoms with van der Waals surface area (Å²) in [5.74, 6) is 1.52. The minimum absolute atomic E-state index is 0.0289. The van der Waals surface area contributed by atoms with Crippen molar-refractivity contribution in [1.29, 1.82) is 0 Å². The van der Waals surface area contributed by atoms with Gasteiger partial charge in [0.2, 0.25) is 0 Å². The summed E-state index contributed by atoms with van der Waals surface area (Å²) in [4.78, 5) is 17.8. The second-order valence-electron chi connectivity index (χ2n) is 7.91. The number of piperidine rings is 1. The van der Waals surface area contributed by atoms with Crippen molar-refractivity contribution in [2.75, 3.05) is 36.0 Å². The molecule has 2 saturated heterocycles. The summed E-state index contributed by atoms with van der Waals surface area (Å²) >= 11 is 1.45. The molecule has 3 aromatic rings. The van der Waals surface area contributed by atoms with Crippen molar-refractivity contribution in [3.05, 3.63) is 41.8 Å². The van der Waals surface area contributed by atoms with E-state index in [0.717, 1.165) is 62.0 Å². The molecule has 5 heterocycles. The summed E-state index contributed by atoms with van der Waals surface area (Å²) in [6, 6.07) is 2.89. The topological polar surface area (TPSA) is 70.9 Å². The molecule has 0 aromatic carbocycles. The third-order valence-corrected chi connectivity index (χ3v) is 6.85. The zero-order chi connectivity index (χ0) is 20.6. The van der Waals surface area contributed by atoms with Gasteiger partial charge in [-0.05, 0) is 36.8 Å². The molecule has 30 heavy (non-hydrogen) atoms. The average molecular weight is 430 g/mol. The molecule has 10 heteroatoms. The quantitative estimate of drug-likeness (QED) is 0.624. The maximum atomic E-state index is 13.0. The molecule has 0 unspecified atom stereocenters. The van der Waals surface area contributed by atoms with Crippen molar-refractivity contribution in [1.82, 2.24) is 25.1 Å². The molecule has 2 aliphatic heterocycles. The predicted octanol–water partition coefficient (Wildman–Crippen LogP) is 3.82. The molecule has 156 valence electrons. The lowest BCUT2D eigenvalue weighted by Crippen LogP contribution is -2.42. The lowest BCUT2D eigenvalue weighted by Gasteiger charge is -2.40. The van der Waals surface area contributed by atoms with Crippen LogP contribution in [0.1, 0.15) is 31.3 Å². The van der Waals surface area contributed by atoms with Crippen LogP contribution < -0.4 is 9.80 Å². The van der Waals surface area contributed by atoms with Crippen LogP contribution in [-0.2, 0) is 0 Å². The van der Waals surface area contributed by atoms with E-state index >= 15 is 0 Å². The van der Waals surface area contributed by atoms with E-state index in [9.17, 15) is 8.78 Å². The van der Waals surface area contributed by atoms with Crippen LogP contribution in [0.15, 0.2) is 36.2 Å². The Labute approximate surface area is 176 Å². The normalized spacial score (nSPS) is 18.5. The van der Waals surface area contributed by atoms with Crippen LogP contribution in [0.4, 0.5) is 20.4 Å². The van der Waals surface area contributed by atoms with Gasteiger partial charge in [0.25, 0.3) is 6.43 Å². The Morgan fingerprint density at radius 3 is 2.57 bits per heavy atom. The summed E-state index contributed by atoms with van der Waals surface area (Å²) < 4.78 is 26.0.